The predicted octanol–water partition coefficient (Wildman–Crippen LogP) is 2.95. The van der Waals surface area contributed by atoms with Gasteiger partial charge in [-0.15, -0.1) is 0 Å². The van der Waals surface area contributed by atoms with E-state index in [1.165, 1.54) is 12.0 Å². The third-order valence-electron chi connectivity index (χ3n) is 4.20. The monoisotopic (exact) mass is 260 g/mol. The maximum absolute atomic E-state index is 12.4. The molecule has 1 aliphatic rings. The lowest BCUT2D eigenvalue weighted by Crippen LogP contribution is -2.35. The first-order valence-corrected chi connectivity index (χ1v) is 7.35. The average Bonchev–Trinajstić information content (AvgIpc) is 2.47. The number of para-hydroxylation sites is 1. The predicted molar refractivity (Wildman–Crippen MR) is 79.0 cm³/mol. The lowest BCUT2D eigenvalue weighted by Gasteiger charge is -2.29. The second-order valence-corrected chi connectivity index (χ2v) is 5.39. The number of hydrogen-bond acceptors (Lipinski definition) is 2. The summed E-state index contributed by atoms with van der Waals surface area (Å²) in [5.41, 5.74) is 7.95. The van der Waals surface area contributed by atoms with E-state index in [1.54, 1.807) is 0 Å². The van der Waals surface area contributed by atoms with Crippen LogP contribution in [0.25, 0.3) is 0 Å². The number of carbonyl (C=O) groups is 1. The van der Waals surface area contributed by atoms with Gasteiger partial charge in [0.25, 0.3) is 0 Å². The van der Waals surface area contributed by atoms with Gasteiger partial charge in [0.2, 0.25) is 5.91 Å². The zero-order valence-corrected chi connectivity index (χ0v) is 11.7. The Morgan fingerprint density at radius 3 is 2.79 bits per heavy atom. The van der Waals surface area contributed by atoms with Gasteiger partial charge in [-0.1, -0.05) is 38.0 Å². The Morgan fingerprint density at radius 1 is 1.32 bits per heavy atom. The molecule has 2 rings (SSSR count). The van der Waals surface area contributed by atoms with E-state index >= 15 is 0 Å². The van der Waals surface area contributed by atoms with Crippen molar-refractivity contribution in [3.63, 3.8) is 0 Å². The quantitative estimate of drug-likeness (QED) is 0.874. The van der Waals surface area contributed by atoms with Gasteiger partial charge in [-0.2, -0.15) is 0 Å². The fraction of sp³-hybridized carbons (Fsp3) is 0.562. The highest BCUT2D eigenvalue weighted by Crippen LogP contribution is 2.30. The van der Waals surface area contributed by atoms with Gasteiger partial charge in [0, 0.05) is 11.6 Å². The molecule has 0 heterocycles. The van der Waals surface area contributed by atoms with Crippen LogP contribution in [0.5, 0.6) is 0 Å². The molecule has 1 saturated carbocycles. The minimum Gasteiger partial charge on any atom is -0.330 e. The normalized spacial score (nSPS) is 23.1. The number of nitrogens with one attached hydrogen (secondary N) is 1. The molecule has 0 bridgehead atoms. The number of nitrogens with two attached hydrogens (primary N) is 1. The molecule has 3 N–H and O–H groups in total. The van der Waals surface area contributed by atoms with Gasteiger partial charge in [-0.05, 0) is 43.4 Å². The van der Waals surface area contributed by atoms with Crippen molar-refractivity contribution < 1.29 is 4.79 Å². The first-order chi connectivity index (χ1) is 9.26. The van der Waals surface area contributed by atoms with Crippen LogP contribution in [-0.2, 0) is 11.2 Å². The van der Waals surface area contributed by atoms with Crippen molar-refractivity contribution in [2.24, 2.45) is 17.6 Å². The van der Waals surface area contributed by atoms with Gasteiger partial charge in [0.1, 0.15) is 0 Å². The Hall–Kier alpha value is -1.35. The fourth-order valence-electron chi connectivity index (χ4n) is 3.01. The minimum absolute atomic E-state index is 0.0867. The first-order valence-electron chi connectivity index (χ1n) is 7.35. The number of hydrogen-bond donors (Lipinski definition) is 2. The van der Waals surface area contributed by atoms with Crippen LogP contribution in [0.15, 0.2) is 24.3 Å². The summed E-state index contributed by atoms with van der Waals surface area (Å²) in [4.78, 5) is 12.4. The van der Waals surface area contributed by atoms with E-state index in [2.05, 4.69) is 18.3 Å². The number of rotatable bonds is 4. The number of carbonyl (C=O) groups excluding carboxylic acids is 1. The van der Waals surface area contributed by atoms with E-state index < -0.39 is 0 Å². The second kappa shape index (κ2) is 6.71. The van der Waals surface area contributed by atoms with Crippen LogP contribution in [0.1, 0.15) is 38.2 Å². The molecule has 3 nitrogen and oxygen atoms in total. The number of benzene rings is 1. The van der Waals surface area contributed by atoms with Gasteiger partial charge in [0.15, 0.2) is 0 Å². The van der Waals surface area contributed by atoms with E-state index in [4.69, 9.17) is 5.73 Å². The van der Waals surface area contributed by atoms with Gasteiger partial charge >= 0.3 is 0 Å². The van der Waals surface area contributed by atoms with E-state index in [9.17, 15) is 4.79 Å². The van der Waals surface area contributed by atoms with Crippen molar-refractivity contribution in [3.8, 4) is 0 Å². The van der Waals surface area contributed by atoms with Crippen LogP contribution >= 0.6 is 0 Å². The SMILES string of the molecule is CCc1ccccc1NC(=O)C1CCCCC1CN. The van der Waals surface area contributed by atoms with Crippen molar-refractivity contribution in [2.75, 3.05) is 11.9 Å². The highest BCUT2D eigenvalue weighted by molar-refractivity contribution is 5.93. The molecule has 1 aromatic rings. The zero-order chi connectivity index (χ0) is 13.7. The summed E-state index contributed by atoms with van der Waals surface area (Å²) in [6.45, 7) is 2.72. The lowest BCUT2D eigenvalue weighted by molar-refractivity contribution is -0.122. The number of anilines is 1. The third kappa shape index (κ3) is 3.35. The molecule has 0 aromatic heterocycles. The lowest BCUT2D eigenvalue weighted by atomic mass is 9.78. The summed E-state index contributed by atoms with van der Waals surface area (Å²) in [5, 5.41) is 3.10. The fourth-order valence-corrected chi connectivity index (χ4v) is 3.01. The average molecular weight is 260 g/mol. The molecular weight excluding hydrogens is 236 g/mol. The molecule has 0 spiro atoms. The first kappa shape index (κ1) is 14.1. The molecule has 0 aliphatic heterocycles. The molecule has 104 valence electrons. The maximum Gasteiger partial charge on any atom is 0.227 e. The van der Waals surface area contributed by atoms with E-state index in [0.29, 0.717) is 12.5 Å². The summed E-state index contributed by atoms with van der Waals surface area (Å²) in [6, 6.07) is 8.03. The maximum atomic E-state index is 12.4. The van der Waals surface area contributed by atoms with E-state index in [0.717, 1.165) is 31.4 Å². The molecule has 0 radical (unpaired) electrons. The molecular formula is C16H24N2O. The third-order valence-corrected chi connectivity index (χ3v) is 4.20. The summed E-state index contributed by atoms with van der Waals surface area (Å²) in [6.07, 6.45) is 5.34. The number of amides is 1. The van der Waals surface area contributed by atoms with Crippen molar-refractivity contribution in [3.05, 3.63) is 29.8 Å². The van der Waals surface area contributed by atoms with E-state index in [-0.39, 0.29) is 11.8 Å². The van der Waals surface area contributed by atoms with Crippen molar-refractivity contribution in [1.29, 1.82) is 0 Å². The molecule has 19 heavy (non-hydrogen) atoms. The Balaban J connectivity index is 2.07. The Labute approximate surface area is 115 Å². The highest BCUT2D eigenvalue weighted by atomic mass is 16.1. The summed E-state index contributed by atoms with van der Waals surface area (Å²) < 4.78 is 0. The van der Waals surface area contributed by atoms with Crippen molar-refractivity contribution in [1.82, 2.24) is 0 Å². The molecule has 2 unspecified atom stereocenters. The standard InChI is InChI=1S/C16H24N2O/c1-2-12-7-4-6-10-15(12)18-16(19)14-9-5-3-8-13(14)11-17/h4,6-7,10,13-14H,2-3,5,8-9,11,17H2,1H3,(H,18,19). The van der Waals surface area contributed by atoms with Crippen LogP contribution in [-0.4, -0.2) is 12.5 Å². The molecule has 1 fully saturated rings. The Kier molecular flexibility index (Phi) is 4.97. The largest absolute Gasteiger partial charge is 0.330 e. The molecule has 3 heteroatoms. The highest BCUT2D eigenvalue weighted by Gasteiger charge is 2.30. The summed E-state index contributed by atoms with van der Waals surface area (Å²) >= 11 is 0. The molecule has 0 saturated heterocycles. The van der Waals surface area contributed by atoms with E-state index in [1.807, 2.05) is 18.2 Å². The minimum atomic E-state index is 0.0867. The second-order valence-electron chi connectivity index (χ2n) is 5.39. The van der Waals surface area contributed by atoms with Crippen LogP contribution in [0.4, 0.5) is 5.69 Å². The molecule has 1 aliphatic carbocycles. The molecule has 1 aromatic carbocycles. The van der Waals surface area contributed by atoms with Crippen LogP contribution in [0.2, 0.25) is 0 Å². The summed E-state index contributed by atoms with van der Waals surface area (Å²) in [7, 11) is 0. The van der Waals surface area contributed by atoms with Crippen LogP contribution < -0.4 is 11.1 Å². The molecule has 1 amide bonds. The smallest absolute Gasteiger partial charge is 0.227 e. The zero-order valence-electron chi connectivity index (χ0n) is 11.7. The molecule has 2 atom stereocenters. The van der Waals surface area contributed by atoms with Crippen LogP contribution in [0, 0.1) is 11.8 Å². The summed E-state index contributed by atoms with van der Waals surface area (Å²) in [5.74, 6) is 0.585. The van der Waals surface area contributed by atoms with Gasteiger partial charge in [0.05, 0.1) is 0 Å². The van der Waals surface area contributed by atoms with Crippen LogP contribution in [0.3, 0.4) is 0 Å². The Bertz CT molecular complexity index is 431. The van der Waals surface area contributed by atoms with Crippen molar-refractivity contribution >= 4 is 11.6 Å². The van der Waals surface area contributed by atoms with Gasteiger partial charge < -0.3 is 11.1 Å². The Morgan fingerprint density at radius 2 is 2.05 bits per heavy atom. The topological polar surface area (TPSA) is 55.1 Å². The number of aryl methyl sites for hydroxylation is 1. The van der Waals surface area contributed by atoms with Gasteiger partial charge in [-0.25, -0.2) is 0 Å². The van der Waals surface area contributed by atoms with Crippen molar-refractivity contribution in [2.45, 2.75) is 39.0 Å². The van der Waals surface area contributed by atoms with Gasteiger partial charge in [-0.3, -0.25) is 4.79 Å².